The van der Waals surface area contributed by atoms with Gasteiger partial charge in [0.2, 0.25) is 0 Å². The van der Waals surface area contributed by atoms with Gasteiger partial charge in [-0.25, -0.2) is 4.98 Å². The summed E-state index contributed by atoms with van der Waals surface area (Å²) in [7, 11) is 0. The average Bonchev–Trinajstić information content (AvgIpc) is 2.65. The standard InChI is InChI=1S/C21H25F3N4S/c1-15-13-16(2)25-19(14-15)26-20(29)28-11-9-27(10-12-28)8-7-17-3-5-18(6-4-17)21(22,23)24/h3-6,13-14H,7-12H2,1-2H3,(H,25,26,29). The summed E-state index contributed by atoms with van der Waals surface area (Å²) < 4.78 is 37.9. The first-order chi connectivity index (χ1) is 13.7. The Morgan fingerprint density at radius 2 is 1.72 bits per heavy atom. The summed E-state index contributed by atoms with van der Waals surface area (Å²) in [5.41, 5.74) is 2.40. The third-order valence-electron chi connectivity index (χ3n) is 4.99. The van der Waals surface area contributed by atoms with E-state index in [0.717, 1.165) is 73.9 Å². The van der Waals surface area contributed by atoms with Crippen molar-refractivity contribution < 1.29 is 13.2 Å². The highest BCUT2D eigenvalue weighted by atomic mass is 32.1. The van der Waals surface area contributed by atoms with Crippen LogP contribution in [0.4, 0.5) is 19.0 Å². The van der Waals surface area contributed by atoms with Crippen LogP contribution in [-0.4, -0.2) is 52.6 Å². The van der Waals surface area contributed by atoms with Crippen LogP contribution in [0.1, 0.15) is 22.4 Å². The van der Waals surface area contributed by atoms with E-state index in [2.05, 4.69) is 20.1 Å². The van der Waals surface area contributed by atoms with Gasteiger partial charge in [0.25, 0.3) is 0 Å². The number of thiocarbonyl (C=S) groups is 1. The summed E-state index contributed by atoms with van der Waals surface area (Å²) in [4.78, 5) is 8.90. The van der Waals surface area contributed by atoms with Crippen molar-refractivity contribution in [2.45, 2.75) is 26.4 Å². The SMILES string of the molecule is Cc1cc(C)nc(NC(=S)N2CCN(CCc3ccc(C(F)(F)F)cc3)CC2)c1. The van der Waals surface area contributed by atoms with Gasteiger partial charge in [-0.15, -0.1) is 0 Å². The van der Waals surface area contributed by atoms with Crippen molar-refractivity contribution in [1.82, 2.24) is 14.8 Å². The molecule has 1 aliphatic heterocycles. The molecule has 0 aliphatic carbocycles. The molecule has 0 spiro atoms. The lowest BCUT2D eigenvalue weighted by Gasteiger charge is -2.36. The zero-order valence-electron chi connectivity index (χ0n) is 16.6. The zero-order valence-corrected chi connectivity index (χ0v) is 17.4. The molecule has 3 rings (SSSR count). The number of aryl methyl sites for hydroxylation is 2. The summed E-state index contributed by atoms with van der Waals surface area (Å²) >= 11 is 5.53. The van der Waals surface area contributed by atoms with Gasteiger partial charge >= 0.3 is 6.18 Å². The molecule has 0 radical (unpaired) electrons. The highest BCUT2D eigenvalue weighted by Crippen LogP contribution is 2.29. The number of pyridine rings is 1. The van der Waals surface area contributed by atoms with Gasteiger partial charge in [-0.2, -0.15) is 13.2 Å². The number of benzene rings is 1. The van der Waals surface area contributed by atoms with Gasteiger partial charge in [0.05, 0.1) is 5.56 Å². The van der Waals surface area contributed by atoms with E-state index in [1.54, 1.807) is 12.1 Å². The fourth-order valence-corrected chi connectivity index (χ4v) is 3.70. The number of anilines is 1. The van der Waals surface area contributed by atoms with E-state index in [-0.39, 0.29) is 0 Å². The maximum absolute atomic E-state index is 12.6. The van der Waals surface area contributed by atoms with Gasteiger partial charge < -0.3 is 10.2 Å². The highest BCUT2D eigenvalue weighted by molar-refractivity contribution is 7.80. The molecule has 1 aromatic heterocycles. The Kier molecular flexibility index (Phi) is 6.74. The lowest BCUT2D eigenvalue weighted by molar-refractivity contribution is -0.137. The first kappa shape index (κ1) is 21.5. The first-order valence-corrected chi connectivity index (χ1v) is 10.0. The number of aromatic nitrogens is 1. The van der Waals surface area contributed by atoms with Crippen molar-refractivity contribution in [2.75, 3.05) is 38.0 Å². The Morgan fingerprint density at radius 3 is 2.31 bits per heavy atom. The number of nitrogens with zero attached hydrogens (tertiary/aromatic N) is 3. The smallest absolute Gasteiger partial charge is 0.346 e. The van der Waals surface area contributed by atoms with E-state index in [1.807, 2.05) is 26.0 Å². The Bertz CT molecular complexity index is 824. The maximum atomic E-state index is 12.6. The monoisotopic (exact) mass is 422 g/mol. The second-order valence-corrected chi connectivity index (χ2v) is 7.76. The highest BCUT2D eigenvalue weighted by Gasteiger charge is 2.30. The molecule has 0 unspecified atom stereocenters. The van der Waals surface area contributed by atoms with Gasteiger partial charge in [-0.3, -0.25) is 4.90 Å². The normalized spacial score (nSPS) is 15.4. The Morgan fingerprint density at radius 1 is 1.07 bits per heavy atom. The van der Waals surface area contributed by atoms with E-state index in [4.69, 9.17) is 12.2 Å². The third kappa shape index (κ3) is 6.14. The second-order valence-electron chi connectivity index (χ2n) is 7.37. The van der Waals surface area contributed by atoms with Crippen molar-refractivity contribution in [3.63, 3.8) is 0 Å². The molecule has 0 bridgehead atoms. The number of nitrogens with one attached hydrogen (secondary N) is 1. The molecule has 1 aromatic carbocycles. The van der Waals surface area contributed by atoms with Gasteiger partial charge in [-0.05, 0) is 67.9 Å². The molecular weight excluding hydrogens is 397 g/mol. The summed E-state index contributed by atoms with van der Waals surface area (Å²) in [5, 5.41) is 3.89. The number of halogens is 3. The largest absolute Gasteiger partial charge is 0.416 e. The van der Waals surface area contributed by atoms with Crippen LogP contribution in [0.5, 0.6) is 0 Å². The number of rotatable bonds is 4. The van der Waals surface area contributed by atoms with Crippen LogP contribution in [0.3, 0.4) is 0 Å². The lowest BCUT2D eigenvalue weighted by Crippen LogP contribution is -2.50. The molecule has 4 nitrogen and oxygen atoms in total. The van der Waals surface area contributed by atoms with Crippen LogP contribution in [-0.2, 0) is 12.6 Å². The second kappa shape index (κ2) is 9.09. The molecule has 1 N–H and O–H groups in total. The minimum Gasteiger partial charge on any atom is -0.346 e. The fraction of sp³-hybridized carbons (Fsp3) is 0.429. The Hall–Kier alpha value is -2.19. The topological polar surface area (TPSA) is 31.4 Å². The number of hydrogen-bond donors (Lipinski definition) is 1. The van der Waals surface area contributed by atoms with Crippen LogP contribution in [0.15, 0.2) is 36.4 Å². The number of alkyl halides is 3. The summed E-state index contributed by atoms with van der Waals surface area (Å²) in [5.74, 6) is 0.761. The number of piperazine rings is 1. The zero-order chi connectivity index (χ0) is 21.0. The van der Waals surface area contributed by atoms with Crippen LogP contribution >= 0.6 is 12.2 Å². The number of hydrogen-bond acceptors (Lipinski definition) is 3. The molecule has 156 valence electrons. The first-order valence-electron chi connectivity index (χ1n) is 9.60. The van der Waals surface area contributed by atoms with Gasteiger partial charge in [0.1, 0.15) is 5.82 Å². The van der Waals surface area contributed by atoms with E-state index < -0.39 is 11.7 Å². The molecule has 29 heavy (non-hydrogen) atoms. The van der Waals surface area contributed by atoms with E-state index in [1.165, 1.54) is 0 Å². The van der Waals surface area contributed by atoms with E-state index >= 15 is 0 Å². The molecule has 8 heteroatoms. The van der Waals surface area contributed by atoms with Crippen molar-refractivity contribution in [1.29, 1.82) is 0 Å². The summed E-state index contributed by atoms with van der Waals surface area (Å²) in [6, 6.07) is 9.42. The Balaban J connectivity index is 1.44. The summed E-state index contributed by atoms with van der Waals surface area (Å²) in [6.07, 6.45) is -3.55. The lowest BCUT2D eigenvalue weighted by atomic mass is 10.1. The predicted molar refractivity (Wildman–Crippen MR) is 113 cm³/mol. The van der Waals surface area contributed by atoms with Crippen LogP contribution < -0.4 is 5.32 Å². The van der Waals surface area contributed by atoms with Crippen molar-refractivity contribution in [3.8, 4) is 0 Å². The Labute approximate surface area is 174 Å². The molecular formula is C21H25F3N4S. The van der Waals surface area contributed by atoms with Crippen LogP contribution in [0.2, 0.25) is 0 Å². The van der Waals surface area contributed by atoms with Crippen LogP contribution in [0.25, 0.3) is 0 Å². The minimum absolute atomic E-state index is 0.603. The van der Waals surface area contributed by atoms with Gasteiger partial charge in [0, 0.05) is 38.4 Å². The molecule has 1 fully saturated rings. The predicted octanol–water partition coefficient (Wildman–Crippen LogP) is 4.27. The van der Waals surface area contributed by atoms with Crippen LogP contribution in [0, 0.1) is 13.8 Å². The molecule has 1 aliphatic rings. The quantitative estimate of drug-likeness (QED) is 0.744. The molecule has 2 heterocycles. The van der Waals surface area contributed by atoms with Gasteiger partial charge in [0.15, 0.2) is 5.11 Å². The minimum atomic E-state index is -4.28. The summed E-state index contributed by atoms with van der Waals surface area (Å²) in [6.45, 7) is 8.14. The molecule has 2 aromatic rings. The van der Waals surface area contributed by atoms with Crippen molar-refractivity contribution in [3.05, 3.63) is 58.8 Å². The third-order valence-corrected chi connectivity index (χ3v) is 5.35. The van der Waals surface area contributed by atoms with E-state index in [9.17, 15) is 13.2 Å². The molecule has 0 saturated carbocycles. The van der Waals surface area contributed by atoms with E-state index in [0.29, 0.717) is 5.11 Å². The fourth-order valence-electron chi connectivity index (χ4n) is 3.42. The molecule has 0 amide bonds. The molecule has 0 atom stereocenters. The maximum Gasteiger partial charge on any atom is 0.416 e. The van der Waals surface area contributed by atoms with Gasteiger partial charge in [-0.1, -0.05) is 12.1 Å². The van der Waals surface area contributed by atoms with Crippen molar-refractivity contribution in [2.24, 2.45) is 0 Å². The average molecular weight is 423 g/mol. The molecule has 1 saturated heterocycles. The van der Waals surface area contributed by atoms with Crippen molar-refractivity contribution >= 4 is 23.1 Å².